The molecule has 1 saturated heterocycles. The van der Waals surface area contributed by atoms with Crippen LogP contribution in [0.2, 0.25) is 0 Å². The summed E-state index contributed by atoms with van der Waals surface area (Å²) in [5.74, 6) is 0.404. The zero-order valence-electron chi connectivity index (χ0n) is 13.0. The van der Waals surface area contributed by atoms with Gasteiger partial charge in [-0.3, -0.25) is 0 Å². The summed E-state index contributed by atoms with van der Waals surface area (Å²) in [6.07, 6.45) is 3.68. The van der Waals surface area contributed by atoms with E-state index in [4.69, 9.17) is 5.73 Å². The first-order valence-electron chi connectivity index (χ1n) is 7.78. The van der Waals surface area contributed by atoms with Crippen molar-refractivity contribution in [2.75, 3.05) is 13.1 Å². The van der Waals surface area contributed by atoms with E-state index < -0.39 is 10.0 Å². The molecule has 118 valence electrons. The molecule has 5 heteroatoms. The van der Waals surface area contributed by atoms with Crippen molar-refractivity contribution in [2.45, 2.75) is 56.4 Å². The van der Waals surface area contributed by atoms with Gasteiger partial charge in [0.2, 0.25) is 10.0 Å². The standard InChI is InChI=1S/C16H26N2O2S/c1-13(2)14-6-8-16(9-7-14)21(19,20)18-12-4-3-5-15(18)10-11-17/h6-9,13,15H,3-5,10-12,17H2,1-2H3. The Morgan fingerprint density at radius 3 is 2.48 bits per heavy atom. The molecule has 1 fully saturated rings. The van der Waals surface area contributed by atoms with Gasteiger partial charge in [0.05, 0.1) is 4.90 Å². The van der Waals surface area contributed by atoms with Gasteiger partial charge in [-0.25, -0.2) is 8.42 Å². The van der Waals surface area contributed by atoms with Gasteiger partial charge in [-0.15, -0.1) is 0 Å². The number of nitrogens with zero attached hydrogens (tertiary/aromatic N) is 1. The lowest BCUT2D eigenvalue weighted by Crippen LogP contribution is -2.44. The van der Waals surface area contributed by atoms with Crippen LogP contribution in [0.3, 0.4) is 0 Å². The molecule has 1 aliphatic heterocycles. The molecular formula is C16H26N2O2S. The number of hydrogen-bond donors (Lipinski definition) is 1. The molecule has 0 radical (unpaired) electrons. The molecule has 1 heterocycles. The van der Waals surface area contributed by atoms with Crippen LogP contribution in [-0.2, 0) is 10.0 Å². The van der Waals surface area contributed by atoms with Crippen molar-refractivity contribution in [1.82, 2.24) is 4.31 Å². The van der Waals surface area contributed by atoms with E-state index in [-0.39, 0.29) is 6.04 Å². The average molecular weight is 310 g/mol. The van der Waals surface area contributed by atoms with Crippen molar-refractivity contribution in [2.24, 2.45) is 5.73 Å². The van der Waals surface area contributed by atoms with Gasteiger partial charge in [-0.05, 0) is 49.4 Å². The van der Waals surface area contributed by atoms with E-state index in [1.165, 1.54) is 0 Å². The summed E-state index contributed by atoms with van der Waals surface area (Å²) in [6, 6.07) is 7.36. The second-order valence-electron chi connectivity index (χ2n) is 6.07. The molecule has 2 N–H and O–H groups in total. The number of hydrogen-bond acceptors (Lipinski definition) is 3. The lowest BCUT2D eigenvalue weighted by Gasteiger charge is -2.34. The Morgan fingerprint density at radius 2 is 1.90 bits per heavy atom. The minimum Gasteiger partial charge on any atom is -0.330 e. The third-order valence-corrected chi connectivity index (χ3v) is 6.19. The van der Waals surface area contributed by atoms with Gasteiger partial charge in [0.1, 0.15) is 0 Å². The molecule has 1 aliphatic rings. The fourth-order valence-electron chi connectivity index (χ4n) is 2.93. The van der Waals surface area contributed by atoms with Gasteiger partial charge < -0.3 is 5.73 Å². The summed E-state index contributed by atoms with van der Waals surface area (Å²) in [6.45, 7) is 5.35. The fraction of sp³-hybridized carbons (Fsp3) is 0.625. The fourth-order valence-corrected chi connectivity index (χ4v) is 4.65. The van der Waals surface area contributed by atoms with Crippen LogP contribution in [0.5, 0.6) is 0 Å². The van der Waals surface area contributed by atoms with E-state index in [1.54, 1.807) is 16.4 Å². The van der Waals surface area contributed by atoms with E-state index in [9.17, 15) is 8.42 Å². The zero-order chi connectivity index (χ0) is 15.5. The Balaban J connectivity index is 2.26. The van der Waals surface area contributed by atoms with Crippen molar-refractivity contribution < 1.29 is 8.42 Å². The van der Waals surface area contributed by atoms with Crippen LogP contribution in [0.4, 0.5) is 0 Å². The van der Waals surface area contributed by atoms with Crippen LogP contribution < -0.4 is 5.73 Å². The minimum atomic E-state index is -3.40. The monoisotopic (exact) mass is 310 g/mol. The summed E-state index contributed by atoms with van der Waals surface area (Å²) < 4.78 is 27.3. The van der Waals surface area contributed by atoms with Crippen LogP contribution >= 0.6 is 0 Å². The smallest absolute Gasteiger partial charge is 0.243 e. The number of rotatable bonds is 5. The normalized spacial score (nSPS) is 20.9. The maximum Gasteiger partial charge on any atom is 0.243 e. The van der Waals surface area contributed by atoms with Crippen LogP contribution in [-0.4, -0.2) is 31.9 Å². The molecule has 1 aromatic rings. The summed E-state index contributed by atoms with van der Waals surface area (Å²) >= 11 is 0. The minimum absolute atomic E-state index is 0.0542. The first-order valence-corrected chi connectivity index (χ1v) is 9.22. The lowest BCUT2D eigenvalue weighted by atomic mass is 10.0. The zero-order valence-corrected chi connectivity index (χ0v) is 13.8. The Hall–Kier alpha value is -0.910. The van der Waals surface area contributed by atoms with E-state index in [1.807, 2.05) is 12.1 Å². The van der Waals surface area contributed by atoms with Crippen LogP contribution in [0, 0.1) is 0 Å². The van der Waals surface area contributed by atoms with Crippen LogP contribution in [0.1, 0.15) is 51.0 Å². The Morgan fingerprint density at radius 1 is 1.24 bits per heavy atom. The molecular weight excluding hydrogens is 284 g/mol. The van der Waals surface area contributed by atoms with E-state index in [2.05, 4.69) is 13.8 Å². The van der Waals surface area contributed by atoms with Crippen molar-refractivity contribution in [3.05, 3.63) is 29.8 Å². The van der Waals surface area contributed by atoms with Gasteiger partial charge in [-0.2, -0.15) is 4.31 Å². The SMILES string of the molecule is CC(C)c1ccc(S(=O)(=O)N2CCCCC2CCN)cc1. The number of piperidine rings is 1. The second kappa shape index (κ2) is 6.90. The third-order valence-electron chi connectivity index (χ3n) is 4.23. The molecule has 0 spiro atoms. The van der Waals surface area contributed by atoms with Gasteiger partial charge in [0, 0.05) is 12.6 Å². The molecule has 1 aromatic carbocycles. The van der Waals surface area contributed by atoms with E-state index in [0.29, 0.717) is 23.9 Å². The molecule has 21 heavy (non-hydrogen) atoms. The van der Waals surface area contributed by atoms with Crippen LogP contribution in [0.15, 0.2) is 29.2 Å². The Bertz CT molecular complexity index is 550. The average Bonchev–Trinajstić information content (AvgIpc) is 2.48. The van der Waals surface area contributed by atoms with Crippen molar-refractivity contribution >= 4 is 10.0 Å². The largest absolute Gasteiger partial charge is 0.330 e. The molecule has 0 amide bonds. The molecule has 0 aliphatic carbocycles. The van der Waals surface area contributed by atoms with E-state index in [0.717, 1.165) is 31.2 Å². The van der Waals surface area contributed by atoms with Crippen molar-refractivity contribution in [3.8, 4) is 0 Å². The first kappa shape index (κ1) is 16.5. The van der Waals surface area contributed by atoms with Gasteiger partial charge in [0.15, 0.2) is 0 Å². The van der Waals surface area contributed by atoms with E-state index >= 15 is 0 Å². The van der Waals surface area contributed by atoms with Crippen LogP contribution in [0.25, 0.3) is 0 Å². The highest BCUT2D eigenvalue weighted by atomic mass is 32.2. The summed E-state index contributed by atoms with van der Waals surface area (Å²) in [5, 5.41) is 0. The molecule has 4 nitrogen and oxygen atoms in total. The van der Waals surface area contributed by atoms with Gasteiger partial charge in [0.25, 0.3) is 0 Å². The molecule has 1 unspecified atom stereocenters. The predicted octanol–water partition coefficient (Wildman–Crippen LogP) is 2.70. The molecule has 0 bridgehead atoms. The second-order valence-corrected chi connectivity index (χ2v) is 7.96. The number of benzene rings is 1. The van der Waals surface area contributed by atoms with Crippen molar-refractivity contribution in [1.29, 1.82) is 0 Å². The number of sulfonamides is 1. The molecule has 0 aromatic heterocycles. The molecule has 1 atom stereocenters. The first-order chi connectivity index (χ1) is 9.96. The highest BCUT2D eigenvalue weighted by molar-refractivity contribution is 7.89. The number of nitrogens with two attached hydrogens (primary N) is 1. The molecule has 0 saturated carbocycles. The summed E-state index contributed by atoms with van der Waals surface area (Å²) in [7, 11) is -3.40. The summed E-state index contributed by atoms with van der Waals surface area (Å²) in [5.41, 5.74) is 6.79. The quantitative estimate of drug-likeness (QED) is 0.909. The van der Waals surface area contributed by atoms with Gasteiger partial charge >= 0.3 is 0 Å². The predicted molar refractivity (Wildman–Crippen MR) is 85.7 cm³/mol. The third kappa shape index (κ3) is 3.65. The molecule has 2 rings (SSSR count). The summed E-state index contributed by atoms with van der Waals surface area (Å²) in [4.78, 5) is 0.399. The van der Waals surface area contributed by atoms with Crippen molar-refractivity contribution in [3.63, 3.8) is 0 Å². The maximum atomic E-state index is 12.8. The maximum absolute atomic E-state index is 12.8. The highest BCUT2D eigenvalue weighted by Crippen LogP contribution is 2.27. The highest BCUT2D eigenvalue weighted by Gasteiger charge is 2.32. The Kier molecular flexibility index (Phi) is 5.41. The lowest BCUT2D eigenvalue weighted by molar-refractivity contribution is 0.243. The van der Waals surface area contributed by atoms with Gasteiger partial charge in [-0.1, -0.05) is 32.4 Å². The topological polar surface area (TPSA) is 63.4 Å². The Labute approximate surface area is 128 Å².